The second-order valence-corrected chi connectivity index (χ2v) is 7.38. The van der Waals surface area contributed by atoms with Gasteiger partial charge in [0.1, 0.15) is 0 Å². The van der Waals surface area contributed by atoms with Crippen molar-refractivity contribution >= 4 is 10.0 Å². The van der Waals surface area contributed by atoms with Crippen LogP contribution in [0.2, 0.25) is 0 Å². The highest BCUT2D eigenvalue weighted by Crippen LogP contribution is 2.34. The van der Waals surface area contributed by atoms with E-state index in [4.69, 9.17) is 9.88 Å². The van der Waals surface area contributed by atoms with Gasteiger partial charge >= 0.3 is 0 Å². The minimum absolute atomic E-state index is 0.0480. The lowest BCUT2D eigenvalue weighted by molar-refractivity contribution is 0.0382. The second kappa shape index (κ2) is 6.87. The van der Waals surface area contributed by atoms with E-state index >= 15 is 0 Å². The summed E-state index contributed by atoms with van der Waals surface area (Å²) in [5.41, 5.74) is -0.286. The highest BCUT2D eigenvalue weighted by atomic mass is 32.2. The average molecular weight is 277 g/mol. The number of nitrogens with two attached hydrogens (primary N) is 1. The van der Waals surface area contributed by atoms with Crippen LogP contribution in [-0.4, -0.2) is 27.4 Å². The quantitative estimate of drug-likeness (QED) is 0.666. The third kappa shape index (κ3) is 6.16. The molecule has 0 bridgehead atoms. The van der Waals surface area contributed by atoms with Gasteiger partial charge in [-0.2, -0.15) is 0 Å². The Balaban J connectivity index is 2.60. The zero-order valence-electron chi connectivity index (χ0n) is 11.7. The molecule has 0 aromatic carbocycles. The molecule has 0 saturated heterocycles. The molecule has 1 aliphatic carbocycles. The fourth-order valence-corrected chi connectivity index (χ4v) is 3.89. The Labute approximate surface area is 111 Å². The van der Waals surface area contributed by atoms with Crippen molar-refractivity contribution in [3.63, 3.8) is 0 Å². The number of ether oxygens (including phenoxy) is 1. The van der Waals surface area contributed by atoms with Gasteiger partial charge in [0.25, 0.3) is 0 Å². The Morgan fingerprint density at radius 3 is 2.17 bits per heavy atom. The number of sulfonamides is 1. The van der Waals surface area contributed by atoms with Gasteiger partial charge in [-0.1, -0.05) is 26.7 Å². The molecule has 0 heterocycles. The fraction of sp³-hybridized carbons (Fsp3) is 1.00. The lowest BCUT2D eigenvalue weighted by Crippen LogP contribution is -2.37. The normalized spacial score (nSPS) is 17.1. The average Bonchev–Trinajstić information content (AvgIpc) is 2.99. The maximum Gasteiger partial charge on any atom is 0.209 e. The summed E-state index contributed by atoms with van der Waals surface area (Å²) < 4.78 is 28.6. The van der Waals surface area contributed by atoms with Crippen LogP contribution in [0.5, 0.6) is 0 Å². The minimum atomic E-state index is -3.44. The van der Waals surface area contributed by atoms with Crippen molar-refractivity contribution in [3.8, 4) is 0 Å². The Bertz CT molecular complexity index is 330. The van der Waals surface area contributed by atoms with Gasteiger partial charge < -0.3 is 4.74 Å². The SMILES string of the molecule is CCCC(CCC)(COCC1CC1)CS(N)(=O)=O. The van der Waals surface area contributed by atoms with E-state index < -0.39 is 10.0 Å². The zero-order chi connectivity index (χ0) is 13.6. The van der Waals surface area contributed by atoms with Crippen LogP contribution < -0.4 is 5.14 Å². The Morgan fingerprint density at radius 1 is 1.22 bits per heavy atom. The molecule has 0 unspecified atom stereocenters. The molecule has 1 saturated carbocycles. The van der Waals surface area contributed by atoms with Crippen molar-refractivity contribution in [3.05, 3.63) is 0 Å². The molecule has 0 aliphatic heterocycles. The smallest absolute Gasteiger partial charge is 0.209 e. The Morgan fingerprint density at radius 2 is 1.78 bits per heavy atom. The van der Waals surface area contributed by atoms with Crippen LogP contribution in [0.3, 0.4) is 0 Å². The fourth-order valence-electron chi connectivity index (χ4n) is 2.67. The number of hydrogen-bond acceptors (Lipinski definition) is 3. The summed E-state index contributed by atoms with van der Waals surface area (Å²) in [5, 5.41) is 5.24. The van der Waals surface area contributed by atoms with Crippen LogP contribution in [0, 0.1) is 11.3 Å². The van der Waals surface area contributed by atoms with E-state index in [0.717, 1.165) is 32.3 Å². The van der Waals surface area contributed by atoms with Gasteiger partial charge in [-0.15, -0.1) is 0 Å². The molecule has 0 amide bonds. The van der Waals surface area contributed by atoms with Crippen molar-refractivity contribution < 1.29 is 13.2 Å². The standard InChI is InChI=1S/C13H27NO3S/c1-3-7-13(8-4-2,11-18(14,15)16)10-17-9-12-5-6-12/h12H,3-11H2,1-2H3,(H2,14,15,16). The molecule has 18 heavy (non-hydrogen) atoms. The van der Waals surface area contributed by atoms with E-state index in [-0.39, 0.29) is 11.2 Å². The topological polar surface area (TPSA) is 69.4 Å². The van der Waals surface area contributed by atoms with Gasteiger partial charge in [-0.05, 0) is 31.6 Å². The summed E-state index contributed by atoms with van der Waals surface area (Å²) in [6, 6.07) is 0. The third-order valence-electron chi connectivity index (χ3n) is 3.53. The Hall–Kier alpha value is -0.130. The van der Waals surface area contributed by atoms with Crippen LogP contribution in [0.1, 0.15) is 52.4 Å². The molecule has 0 aromatic rings. The molecule has 1 rings (SSSR count). The highest BCUT2D eigenvalue weighted by molar-refractivity contribution is 7.89. The van der Waals surface area contributed by atoms with Crippen molar-refractivity contribution in [2.24, 2.45) is 16.5 Å². The maximum atomic E-state index is 11.4. The van der Waals surface area contributed by atoms with Crippen LogP contribution >= 0.6 is 0 Å². The first-order valence-electron chi connectivity index (χ1n) is 6.99. The highest BCUT2D eigenvalue weighted by Gasteiger charge is 2.34. The third-order valence-corrected chi connectivity index (χ3v) is 4.54. The molecule has 4 nitrogen and oxygen atoms in total. The number of rotatable bonds is 10. The van der Waals surface area contributed by atoms with Crippen molar-refractivity contribution in [2.75, 3.05) is 19.0 Å². The van der Waals surface area contributed by atoms with E-state index in [0.29, 0.717) is 12.5 Å². The largest absolute Gasteiger partial charge is 0.381 e. The zero-order valence-corrected chi connectivity index (χ0v) is 12.5. The molecular formula is C13H27NO3S. The van der Waals surface area contributed by atoms with Gasteiger partial charge in [0, 0.05) is 12.0 Å². The van der Waals surface area contributed by atoms with Gasteiger partial charge in [0.05, 0.1) is 12.4 Å². The lowest BCUT2D eigenvalue weighted by atomic mass is 9.82. The molecule has 5 heteroatoms. The first-order chi connectivity index (χ1) is 8.41. The monoisotopic (exact) mass is 277 g/mol. The summed E-state index contributed by atoms with van der Waals surface area (Å²) in [7, 11) is -3.44. The number of primary sulfonamides is 1. The minimum Gasteiger partial charge on any atom is -0.381 e. The van der Waals surface area contributed by atoms with Gasteiger partial charge in [0.15, 0.2) is 0 Å². The van der Waals surface area contributed by atoms with E-state index in [2.05, 4.69) is 13.8 Å². The van der Waals surface area contributed by atoms with E-state index in [1.807, 2.05) is 0 Å². The van der Waals surface area contributed by atoms with Crippen LogP contribution in [0.25, 0.3) is 0 Å². The summed E-state index contributed by atoms with van der Waals surface area (Å²) in [4.78, 5) is 0. The van der Waals surface area contributed by atoms with Crippen LogP contribution in [-0.2, 0) is 14.8 Å². The second-order valence-electron chi connectivity index (χ2n) is 5.77. The predicted molar refractivity (Wildman–Crippen MR) is 73.8 cm³/mol. The van der Waals surface area contributed by atoms with Crippen LogP contribution in [0.15, 0.2) is 0 Å². The molecule has 0 aromatic heterocycles. The van der Waals surface area contributed by atoms with Gasteiger partial charge in [-0.25, -0.2) is 13.6 Å². The summed E-state index contributed by atoms with van der Waals surface area (Å²) in [6.45, 7) is 5.46. The molecule has 0 radical (unpaired) electrons. The van der Waals surface area contributed by atoms with Crippen molar-refractivity contribution in [1.82, 2.24) is 0 Å². The molecule has 108 valence electrons. The summed E-state index contributed by atoms with van der Waals surface area (Å²) in [6.07, 6.45) is 6.15. The lowest BCUT2D eigenvalue weighted by Gasteiger charge is -2.32. The van der Waals surface area contributed by atoms with Gasteiger partial charge in [0.2, 0.25) is 10.0 Å². The van der Waals surface area contributed by atoms with Crippen molar-refractivity contribution in [1.29, 1.82) is 0 Å². The van der Waals surface area contributed by atoms with E-state index in [1.165, 1.54) is 12.8 Å². The van der Waals surface area contributed by atoms with E-state index in [1.54, 1.807) is 0 Å². The van der Waals surface area contributed by atoms with Crippen molar-refractivity contribution in [2.45, 2.75) is 52.4 Å². The first kappa shape index (κ1) is 15.9. The molecule has 2 N–H and O–H groups in total. The first-order valence-corrected chi connectivity index (χ1v) is 8.70. The molecule has 0 atom stereocenters. The summed E-state index contributed by atoms with van der Waals surface area (Å²) in [5.74, 6) is 0.757. The summed E-state index contributed by atoms with van der Waals surface area (Å²) >= 11 is 0. The molecule has 0 spiro atoms. The maximum absolute atomic E-state index is 11.4. The van der Waals surface area contributed by atoms with Crippen LogP contribution in [0.4, 0.5) is 0 Å². The van der Waals surface area contributed by atoms with E-state index in [9.17, 15) is 8.42 Å². The molecule has 1 fully saturated rings. The Kier molecular flexibility index (Phi) is 6.08. The predicted octanol–water partition coefficient (Wildman–Crippen LogP) is 2.29. The molecular weight excluding hydrogens is 250 g/mol. The van der Waals surface area contributed by atoms with Gasteiger partial charge in [-0.3, -0.25) is 0 Å². The number of hydrogen-bond donors (Lipinski definition) is 1. The molecule has 1 aliphatic rings.